The molecule has 2 aliphatic rings. The van der Waals surface area contributed by atoms with Gasteiger partial charge in [0.1, 0.15) is 0 Å². The van der Waals surface area contributed by atoms with Crippen LogP contribution in [-0.2, 0) is 14.4 Å². The molecular formula is C24H20N2O3. The van der Waals surface area contributed by atoms with Crippen LogP contribution < -0.4 is 0 Å². The first-order chi connectivity index (χ1) is 13.9. The average molecular weight is 384 g/mol. The van der Waals surface area contributed by atoms with Crippen molar-refractivity contribution in [3.05, 3.63) is 94.6 Å². The van der Waals surface area contributed by atoms with E-state index in [1.165, 1.54) is 16.7 Å². The first-order valence-electron chi connectivity index (χ1n) is 9.30. The Morgan fingerprint density at radius 3 is 1.86 bits per heavy atom. The van der Waals surface area contributed by atoms with Crippen LogP contribution in [0.1, 0.15) is 18.1 Å². The summed E-state index contributed by atoms with van der Waals surface area (Å²) in [5.41, 5.74) is 3.56. The third kappa shape index (κ3) is 2.91. The van der Waals surface area contributed by atoms with Gasteiger partial charge in [-0.25, -0.2) is 0 Å². The Kier molecular flexibility index (Phi) is 4.51. The van der Waals surface area contributed by atoms with Crippen LogP contribution in [0.25, 0.3) is 11.4 Å². The standard InChI is InChI=1S/C24H20N2O3/c1-15(27)20-21(24(29)26(3)22(20)17-12-8-5-9-13-17)18-14-19(25(2)23(18)28)16-10-6-4-7-11-16/h4-14H,1-3H3/b21-18-. The Labute approximate surface area is 169 Å². The van der Waals surface area contributed by atoms with Crippen LogP contribution >= 0.6 is 0 Å². The van der Waals surface area contributed by atoms with E-state index in [1.54, 1.807) is 20.2 Å². The van der Waals surface area contributed by atoms with Crippen LogP contribution in [0.5, 0.6) is 0 Å². The SMILES string of the molecule is CC(=O)C1=C(c2ccccc2)N(C)C(=O)/C1=C1/C=C(c2ccccc2)N(C)C1=O. The number of Topliss-reactive ketones (excluding diaryl/α,β-unsaturated/α-hetero) is 1. The summed E-state index contributed by atoms with van der Waals surface area (Å²) in [6.07, 6.45) is 1.70. The summed E-state index contributed by atoms with van der Waals surface area (Å²) in [6.45, 7) is 1.43. The van der Waals surface area contributed by atoms with Gasteiger partial charge in [-0.05, 0) is 24.1 Å². The number of hydrogen-bond donors (Lipinski definition) is 0. The molecule has 2 heterocycles. The molecule has 0 fully saturated rings. The highest BCUT2D eigenvalue weighted by Crippen LogP contribution is 2.40. The van der Waals surface area contributed by atoms with Crippen molar-refractivity contribution in [2.45, 2.75) is 6.92 Å². The molecule has 0 spiro atoms. The maximum atomic E-state index is 13.2. The van der Waals surface area contributed by atoms with E-state index >= 15 is 0 Å². The van der Waals surface area contributed by atoms with Crippen molar-refractivity contribution >= 4 is 29.0 Å². The van der Waals surface area contributed by atoms with Gasteiger partial charge in [-0.3, -0.25) is 14.4 Å². The highest BCUT2D eigenvalue weighted by Gasteiger charge is 2.41. The molecule has 2 aliphatic heterocycles. The number of hydrogen-bond acceptors (Lipinski definition) is 3. The third-order valence-corrected chi connectivity index (χ3v) is 5.26. The highest BCUT2D eigenvalue weighted by molar-refractivity contribution is 6.26. The lowest BCUT2D eigenvalue weighted by atomic mass is 9.95. The summed E-state index contributed by atoms with van der Waals surface area (Å²) in [5, 5.41) is 0. The van der Waals surface area contributed by atoms with Gasteiger partial charge in [0.05, 0.1) is 28.1 Å². The minimum absolute atomic E-state index is 0.168. The molecule has 0 N–H and O–H groups in total. The fourth-order valence-electron chi connectivity index (χ4n) is 3.84. The second-order valence-electron chi connectivity index (χ2n) is 7.06. The molecule has 144 valence electrons. The maximum Gasteiger partial charge on any atom is 0.259 e. The third-order valence-electron chi connectivity index (χ3n) is 5.26. The van der Waals surface area contributed by atoms with Gasteiger partial charge in [-0.1, -0.05) is 60.7 Å². The van der Waals surface area contributed by atoms with Crippen LogP contribution in [0.15, 0.2) is 83.5 Å². The minimum atomic E-state index is -0.351. The number of amides is 2. The fraction of sp³-hybridized carbons (Fsp3) is 0.125. The molecule has 2 amide bonds. The van der Waals surface area contributed by atoms with Crippen molar-refractivity contribution in [1.82, 2.24) is 9.80 Å². The van der Waals surface area contributed by atoms with Crippen molar-refractivity contribution in [3.63, 3.8) is 0 Å². The second-order valence-corrected chi connectivity index (χ2v) is 7.06. The van der Waals surface area contributed by atoms with Gasteiger partial charge in [0, 0.05) is 14.1 Å². The van der Waals surface area contributed by atoms with E-state index in [0.29, 0.717) is 11.4 Å². The van der Waals surface area contributed by atoms with E-state index < -0.39 is 0 Å². The Morgan fingerprint density at radius 1 is 0.759 bits per heavy atom. The molecule has 0 aromatic heterocycles. The lowest BCUT2D eigenvalue weighted by Gasteiger charge is -2.14. The molecule has 2 aromatic carbocycles. The van der Waals surface area contributed by atoms with Crippen LogP contribution in [0.2, 0.25) is 0 Å². The molecule has 0 aliphatic carbocycles. The molecular weight excluding hydrogens is 364 g/mol. The van der Waals surface area contributed by atoms with Crippen LogP contribution in [0.3, 0.4) is 0 Å². The number of benzene rings is 2. The van der Waals surface area contributed by atoms with Crippen molar-refractivity contribution in [1.29, 1.82) is 0 Å². The molecule has 0 bridgehead atoms. The number of ketones is 1. The van der Waals surface area contributed by atoms with Gasteiger partial charge in [-0.2, -0.15) is 0 Å². The van der Waals surface area contributed by atoms with Crippen molar-refractivity contribution in [2.24, 2.45) is 0 Å². The zero-order valence-electron chi connectivity index (χ0n) is 16.5. The molecule has 29 heavy (non-hydrogen) atoms. The quantitative estimate of drug-likeness (QED) is 0.763. The number of carbonyl (C=O) groups is 3. The van der Waals surface area contributed by atoms with Gasteiger partial charge in [0.25, 0.3) is 11.8 Å². The van der Waals surface area contributed by atoms with E-state index in [1.807, 2.05) is 60.7 Å². The van der Waals surface area contributed by atoms with E-state index in [4.69, 9.17) is 0 Å². The Bertz CT molecular complexity index is 1130. The van der Waals surface area contributed by atoms with Crippen LogP contribution in [-0.4, -0.2) is 41.5 Å². The normalized spacial score (nSPS) is 19.3. The monoisotopic (exact) mass is 384 g/mol. The topological polar surface area (TPSA) is 57.7 Å². The predicted octanol–water partition coefficient (Wildman–Crippen LogP) is 3.27. The van der Waals surface area contributed by atoms with Gasteiger partial charge >= 0.3 is 0 Å². The minimum Gasteiger partial charge on any atom is -0.311 e. The summed E-state index contributed by atoms with van der Waals surface area (Å²) < 4.78 is 0. The molecule has 5 heteroatoms. The predicted molar refractivity (Wildman–Crippen MR) is 111 cm³/mol. The molecule has 0 atom stereocenters. The molecule has 0 saturated heterocycles. The summed E-state index contributed by atoms with van der Waals surface area (Å²) in [7, 11) is 3.30. The Balaban J connectivity index is 1.97. The van der Waals surface area contributed by atoms with E-state index in [9.17, 15) is 14.4 Å². The summed E-state index contributed by atoms with van der Waals surface area (Å²) in [6, 6.07) is 18.8. The average Bonchev–Trinajstić information content (AvgIpc) is 3.17. The lowest BCUT2D eigenvalue weighted by Crippen LogP contribution is -2.24. The van der Waals surface area contributed by atoms with Crippen molar-refractivity contribution < 1.29 is 14.4 Å². The van der Waals surface area contributed by atoms with E-state index in [0.717, 1.165) is 11.1 Å². The number of nitrogens with zero attached hydrogens (tertiary/aromatic N) is 2. The highest BCUT2D eigenvalue weighted by atomic mass is 16.2. The van der Waals surface area contributed by atoms with Crippen LogP contribution in [0.4, 0.5) is 0 Å². The molecule has 4 rings (SSSR count). The molecule has 0 unspecified atom stereocenters. The largest absolute Gasteiger partial charge is 0.311 e. The van der Waals surface area contributed by atoms with E-state index in [-0.39, 0.29) is 34.3 Å². The van der Waals surface area contributed by atoms with Gasteiger partial charge in [-0.15, -0.1) is 0 Å². The summed E-state index contributed by atoms with van der Waals surface area (Å²) in [4.78, 5) is 41.8. The lowest BCUT2D eigenvalue weighted by molar-refractivity contribution is -0.124. The molecule has 0 saturated carbocycles. The Hall–Kier alpha value is -3.73. The smallest absolute Gasteiger partial charge is 0.259 e. The van der Waals surface area contributed by atoms with Crippen molar-refractivity contribution in [2.75, 3.05) is 14.1 Å². The first-order valence-corrected chi connectivity index (χ1v) is 9.30. The van der Waals surface area contributed by atoms with Crippen molar-refractivity contribution in [3.8, 4) is 0 Å². The molecule has 0 radical (unpaired) electrons. The first kappa shape index (κ1) is 18.6. The number of likely N-dealkylation sites (N-methyl/N-ethyl adjacent to an activating group) is 2. The summed E-state index contributed by atoms with van der Waals surface area (Å²) in [5.74, 6) is -0.897. The second kappa shape index (κ2) is 7.02. The molecule has 2 aromatic rings. The zero-order chi connectivity index (χ0) is 20.7. The maximum absolute atomic E-state index is 13.2. The fourth-order valence-corrected chi connectivity index (χ4v) is 3.84. The zero-order valence-corrected chi connectivity index (χ0v) is 16.5. The van der Waals surface area contributed by atoms with Gasteiger partial charge in [0.2, 0.25) is 0 Å². The number of carbonyl (C=O) groups excluding carboxylic acids is 3. The van der Waals surface area contributed by atoms with Crippen LogP contribution in [0, 0.1) is 0 Å². The van der Waals surface area contributed by atoms with E-state index in [2.05, 4.69) is 0 Å². The van der Waals surface area contributed by atoms with Gasteiger partial charge in [0.15, 0.2) is 5.78 Å². The number of rotatable bonds is 3. The molecule has 5 nitrogen and oxygen atoms in total. The summed E-state index contributed by atoms with van der Waals surface area (Å²) >= 11 is 0. The van der Waals surface area contributed by atoms with Gasteiger partial charge < -0.3 is 9.80 Å². The Morgan fingerprint density at radius 2 is 1.31 bits per heavy atom.